The van der Waals surface area contributed by atoms with Gasteiger partial charge < -0.3 is 14.8 Å². The lowest BCUT2D eigenvalue weighted by molar-refractivity contribution is -0.167. The van der Waals surface area contributed by atoms with Crippen molar-refractivity contribution in [2.75, 3.05) is 12.4 Å². The van der Waals surface area contributed by atoms with Crippen LogP contribution in [0.4, 0.5) is 18.9 Å². The van der Waals surface area contributed by atoms with E-state index in [0.29, 0.717) is 23.5 Å². The molecule has 0 spiro atoms. The van der Waals surface area contributed by atoms with Gasteiger partial charge in [0.2, 0.25) is 5.91 Å². The van der Waals surface area contributed by atoms with Crippen LogP contribution in [0.5, 0.6) is 11.5 Å². The Morgan fingerprint density at radius 1 is 1.09 bits per heavy atom. The summed E-state index contributed by atoms with van der Waals surface area (Å²) in [5.41, 5.74) is 2.24. The zero-order chi connectivity index (χ0) is 25.0. The smallest absolute Gasteiger partial charge is 0.471 e. The molecule has 2 aromatic rings. The Morgan fingerprint density at radius 3 is 2.46 bits per heavy atom. The Bertz CT molecular complexity index is 1110. The van der Waals surface area contributed by atoms with Gasteiger partial charge in [0.15, 0.2) is 11.5 Å². The predicted molar refractivity (Wildman–Crippen MR) is 123 cm³/mol. The quantitative estimate of drug-likeness (QED) is 0.591. The topological polar surface area (TPSA) is 80.2 Å². The number of nitrogens with zero attached hydrogens (tertiary/aromatic N) is 2. The molecule has 1 heterocycles. The van der Waals surface area contributed by atoms with Crippen LogP contribution >= 0.6 is 0 Å². The molecule has 1 N–H and O–H groups in total. The minimum atomic E-state index is -4.96. The van der Waals surface area contributed by atoms with E-state index in [4.69, 9.17) is 9.47 Å². The van der Waals surface area contributed by atoms with Crippen LogP contribution < -0.4 is 14.8 Å². The third-order valence-electron chi connectivity index (χ3n) is 6.00. The third-order valence-corrected chi connectivity index (χ3v) is 6.00. The van der Waals surface area contributed by atoms with Crippen molar-refractivity contribution < 1.29 is 32.2 Å². The Balaban J connectivity index is 1.48. The van der Waals surface area contributed by atoms with Crippen LogP contribution in [0, 0.1) is 0 Å². The molecule has 2 aromatic carbocycles. The number of methoxy groups -OCH3 is 1. The highest BCUT2D eigenvalue weighted by molar-refractivity contribution is 6.04. The lowest BCUT2D eigenvalue weighted by Gasteiger charge is -2.24. The van der Waals surface area contributed by atoms with Crippen LogP contribution in [0.1, 0.15) is 49.7 Å². The normalized spacial score (nSPS) is 16.7. The predicted octanol–water partition coefficient (Wildman–Crippen LogP) is 5.04. The molecule has 0 bridgehead atoms. The minimum absolute atomic E-state index is 0.0123. The fourth-order valence-corrected chi connectivity index (χ4v) is 4.13. The maximum Gasteiger partial charge on any atom is 0.471 e. The summed E-state index contributed by atoms with van der Waals surface area (Å²) in [5.74, 6) is -0.900. The number of alkyl halides is 3. The molecule has 10 heteroatoms. The van der Waals surface area contributed by atoms with Crippen molar-refractivity contribution in [2.45, 2.75) is 57.3 Å². The molecule has 2 aliphatic rings. The van der Waals surface area contributed by atoms with Gasteiger partial charge in [-0.2, -0.15) is 18.3 Å². The number of halogens is 3. The van der Waals surface area contributed by atoms with E-state index in [1.807, 2.05) is 18.2 Å². The van der Waals surface area contributed by atoms with Crippen molar-refractivity contribution in [3.63, 3.8) is 0 Å². The first-order chi connectivity index (χ1) is 16.7. The minimum Gasteiger partial charge on any atom is -0.493 e. The fraction of sp³-hybridized carbons (Fsp3) is 0.400. The second-order valence-corrected chi connectivity index (χ2v) is 8.54. The molecule has 0 unspecified atom stereocenters. The molecular formula is C25H26F3N3O4. The van der Waals surface area contributed by atoms with Gasteiger partial charge in [-0.25, -0.2) is 5.01 Å². The highest BCUT2D eigenvalue weighted by Crippen LogP contribution is 2.33. The maximum atomic E-state index is 12.5. The molecule has 1 saturated carbocycles. The molecule has 4 rings (SSSR count). The van der Waals surface area contributed by atoms with E-state index in [2.05, 4.69) is 5.10 Å². The second kappa shape index (κ2) is 10.4. The summed E-state index contributed by atoms with van der Waals surface area (Å²) in [4.78, 5) is 23.6. The molecular weight excluding hydrogens is 463 g/mol. The fourth-order valence-electron chi connectivity index (χ4n) is 4.13. The van der Waals surface area contributed by atoms with Crippen LogP contribution in [0.2, 0.25) is 0 Å². The van der Waals surface area contributed by atoms with E-state index >= 15 is 0 Å². The highest BCUT2D eigenvalue weighted by Gasteiger charge is 2.38. The van der Waals surface area contributed by atoms with Crippen molar-refractivity contribution in [3.8, 4) is 11.5 Å². The summed E-state index contributed by atoms with van der Waals surface area (Å²) in [5, 5.41) is 7.69. The van der Waals surface area contributed by atoms with Crippen molar-refractivity contribution >= 4 is 23.2 Å². The van der Waals surface area contributed by atoms with E-state index in [1.165, 1.54) is 17.1 Å². The van der Waals surface area contributed by atoms with E-state index in [-0.39, 0.29) is 30.7 Å². The molecule has 0 atom stereocenters. The number of rotatable bonds is 7. The Kier molecular flexibility index (Phi) is 7.28. The van der Waals surface area contributed by atoms with Gasteiger partial charge >= 0.3 is 12.1 Å². The monoisotopic (exact) mass is 489 g/mol. The number of carbonyl (C=O) groups excluding carboxylic acids is 2. The first-order valence-corrected chi connectivity index (χ1v) is 11.4. The zero-order valence-corrected chi connectivity index (χ0v) is 19.2. The second-order valence-electron chi connectivity index (χ2n) is 8.54. The summed E-state index contributed by atoms with van der Waals surface area (Å²) in [6, 6.07) is 11.4. The summed E-state index contributed by atoms with van der Waals surface area (Å²) in [6.45, 7) is 0.150. The standard InChI is InChI=1S/C25H26F3N3O4/c1-34-21-12-8-17(14-22(21)35-19-4-2-3-5-19)20-11-13-23(32)31(30-20)15-16-6-9-18(10-7-16)29-24(33)25(26,27)28/h6-10,12,14,19H,2-5,11,13,15H2,1H3,(H,29,33). The van der Waals surface area contributed by atoms with E-state index in [1.54, 1.807) is 24.6 Å². The van der Waals surface area contributed by atoms with Crippen molar-refractivity contribution in [2.24, 2.45) is 5.10 Å². The van der Waals surface area contributed by atoms with Gasteiger partial charge in [-0.3, -0.25) is 9.59 Å². The molecule has 1 aliphatic heterocycles. The average molecular weight is 489 g/mol. The van der Waals surface area contributed by atoms with Gasteiger partial charge in [0, 0.05) is 24.1 Å². The summed E-state index contributed by atoms with van der Waals surface area (Å²) >= 11 is 0. The first kappa shape index (κ1) is 24.6. The SMILES string of the molecule is COc1ccc(C2=NN(Cc3ccc(NC(=O)C(F)(F)F)cc3)C(=O)CC2)cc1OC1CCCC1. The number of nitrogens with one attached hydrogen (secondary N) is 1. The van der Waals surface area contributed by atoms with Crippen LogP contribution in [0.3, 0.4) is 0 Å². The third kappa shape index (κ3) is 6.12. The van der Waals surface area contributed by atoms with Crippen molar-refractivity contribution in [3.05, 3.63) is 53.6 Å². The van der Waals surface area contributed by atoms with E-state index < -0.39 is 12.1 Å². The largest absolute Gasteiger partial charge is 0.493 e. The van der Waals surface area contributed by atoms with E-state index in [0.717, 1.165) is 37.0 Å². The molecule has 186 valence electrons. The molecule has 0 aromatic heterocycles. The number of benzene rings is 2. The van der Waals surface area contributed by atoms with Gasteiger partial charge in [-0.05, 0) is 61.6 Å². The van der Waals surface area contributed by atoms with Gasteiger partial charge in [-0.15, -0.1) is 0 Å². The number of anilines is 1. The maximum absolute atomic E-state index is 12.5. The van der Waals surface area contributed by atoms with Crippen LogP contribution in [-0.2, 0) is 16.1 Å². The Morgan fingerprint density at radius 2 is 1.80 bits per heavy atom. The number of ether oxygens (including phenoxy) is 2. The summed E-state index contributed by atoms with van der Waals surface area (Å²) in [6.07, 6.45) is 0.265. The van der Waals surface area contributed by atoms with Gasteiger partial charge in [0.1, 0.15) is 0 Å². The Hall–Kier alpha value is -3.56. The summed E-state index contributed by atoms with van der Waals surface area (Å²) < 4.78 is 48.9. The molecule has 0 saturated heterocycles. The highest BCUT2D eigenvalue weighted by atomic mass is 19.4. The first-order valence-electron chi connectivity index (χ1n) is 11.4. The van der Waals surface area contributed by atoms with E-state index in [9.17, 15) is 22.8 Å². The average Bonchev–Trinajstić information content (AvgIpc) is 3.34. The number of hydrazone groups is 1. The summed E-state index contributed by atoms with van der Waals surface area (Å²) in [7, 11) is 1.59. The van der Waals surface area contributed by atoms with Crippen LogP contribution in [-0.4, -0.2) is 41.9 Å². The number of amides is 2. The number of carbonyl (C=O) groups is 2. The van der Waals surface area contributed by atoms with Gasteiger partial charge in [0.25, 0.3) is 0 Å². The molecule has 35 heavy (non-hydrogen) atoms. The lowest BCUT2D eigenvalue weighted by Crippen LogP contribution is -2.31. The molecule has 1 fully saturated rings. The molecule has 0 radical (unpaired) electrons. The van der Waals surface area contributed by atoms with Crippen LogP contribution in [0.25, 0.3) is 0 Å². The van der Waals surface area contributed by atoms with Crippen molar-refractivity contribution in [1.29, 1.82) is 0 Å². The van der Waals surface area contributed by atoms with Gasteiger partial charge in [-0.1, -0.05) is 12.1 Å². The number of hydrogen-bond acceptors (Lipinski definition) is 5. The molecule has 2 amide bonds. The molecule has 1 aliphatic carbocycles. The van der Waals surface area contributed by atoms with Crippen molar-refractivity contribution in [1.82, 2.24) is 5.01 Å². The van der Waals surface area contributed by atoms with Gasteiger partial charge in [0.05, 0.1) is 25.5 Å². The molecule has 7 nitrogen and oxygen atoms in total. The zero-order valence-electron chi connectivity index (χ0n) is 19.2. The Labute approximate surface area is 200 Å². The van der Waals surface area contributed by atoms with Crippen LogP contribution in [0.15, 0.2) is 47.6 Å². The number of hydrogen-bond donors (Lipinski definition) is 1. The lowest BCUT2D eigenvalue weighted by atomic mass is 10.0.